The monoisotopic (exact) mass is 208 g/mol. The third-order valence-electron chi connectivity index (χ3n) is 2.64. The van der Waals surface area contributed by atoms with Crippen LogP contribution in [0.3, 0.4) is 0 Å². The van der Waals surface area contributed by atoms with Gasteiger partial charge in [0.1, 0.15) is 12.3 Å². The largest absolute Gasteiger partial charge is 0.496 e. The highest BCUT2D eigenvalue weighted by Crippen LogP contribution is 2.15. The smallest absolute Gasteiger partial charge is 0.127 e. The molecule has 1 aromatic carbocycles. The van der Waals surface area contributed by atoms with Crippen LogP contribution in [0.15, 0.2) is 24.3 Å². The molecular formula is C13H22NO+. The molecule has 0 saturated heterocycles. The maximum absolute atomic E-state index is 5.34. The summed E-state index contributed by atoms with van der Waals surface area (Å²) < 4.78 is 5.34. The first-order valence-corrected chi connectivity index (χ1v) is 5.71. The lowest BCUT2D eigenvalue weighted by Gasteiger charge is -2.15. The maximum Gasteiger partial charge on any atom is 0.127 e. The van der Waals surface area contributed by atoms with E-state index < -0.39 is 0 Å². The topological polar surface area (TPSA) is 13.7 Å². The summed E-state index contributed by atoms with van der Waals surface area (Å²) in [5.41, 5.74) is 1.30. The number of para-hydroxylation sites is 1. The van der Waals surface area contributed by atoms with Crippen LogP contribution in [0.25, 0.3) is 0 Å². The Kier molecular flexibility index (Phi) is 5.19. The van der Waals surface area contributed by atoms with Gasteiger partial charge in [0.2, 0.25) is 0 Å². The molecule has 0 bridgehead atoms. The van der Waals surface area contributed by atoms with Crippen molar-refractivity contribution in [3.63, 3.8) is 0 Å². The Labute approximate surface area is 92.9 Å². The Hall–Kier alpha value is -1.02. The van der Waals surface area contributed by atoms with Gasteiger partial charge in [-0.3, -0.25) is 0 Å². The Morgan fingerprint density at radius 1 is 1.27 bits per heavy atom. The fraction of sp³-hybridized carbons (Fsp3) is 0.538. The van der Waals surface area contributed by atoms with Crippen LogP contribution < -0.4 is 9.64 Å². The lowest BCUT2D eigenvalue weighted by molar-refractivity contribution is -0.894. The van der Waals surface area contributed by atoms with Gasteiger partial charge >= 0.3 is 0 Å². The van der Waals surface area contributed by atoms with Gasteiger partial charge in [-0.05, 0) is 18.6 Å². The molecule has 1 aromatic rings. The summed E-state index contributed by atoms with van der Waals surface area (Å²) >= 11 is 0. The van der Waals surface area contributed by atoms with Crippen LogP contribution in [0.2, 0.25) is 0 Å². The molecule has 0 aliphatic carbocycles. The third kappa shape index (κ3) is 3.92. The number of unbranched alkanes of at least 4 members (excludes halogenated alkanes) is 1. The summed E-state index contributed by atoms with van der Waals surface area (Å²) in [7, 11) is 3.97. The molecule has 2 nitrogen and oxygen atoms in total. The zero-order valence-electron chi connectivity index (χ0n) is 10.0. The highest BCUT2D eigenvalue weighted by atomic mass is 16.5. The molecule has 1 N–H and O–H groups in total. The van der Waals surface area contributed by atoms with E-state index in [0.29, 0.717) is 0 Å². The number of methoxy groups -OCH3 is 1. The molecule has 0 aliphatic rings. The van der Waals surface area contributed by atoms with Gasteiger partial charge in [-0.2, -0.15) is 0 Å². The average molecular weight is 208 g/mol. The number of benzene rings is 1. The van der Waals surface area contributed by atoms with Crippen molar-refractivity contribution in [2.45, 2.75) is 26.3 Å². The fourth-order valence-corrected chi connectivity index (χ4v) is 1.74. The number of ether oxygens (including phenoxy) is 1. The summed E-state index contributed by atoms with van der Waals surface area (Å²) in [6, 6.07) is 8.27. The molecule has 1 atom stereocenters. The van der Waals surface area contributed by atoms with E-state index in [1.54, 1.807) is 12.0 Å². The fourth-order valence-electron chi connectivity index (χ4n) is 1.74. The number of rotatable bonds is 6. The van der Waals surface area contributed by atoms with Gasteiger partial charge in [0.05, 0.1) is 20.7 Å². The average Bonchev–Trinajstić information content (AvgIpc) is 2.27. The molecule has 2 heteroatoms. The summed E-state index contributed by atoms with van der Waals surface area (Å²) in [6.07, 6.45) is 2.56. The Bertz CT molecular complexity index is 286. The molecule has 0 aliphatic heterocycles. The SMILES string of the molecule is CCCC[NH+](C)Cc1ccccc1OC. The lowest BCUT2D eigenvalue weighted by Crippen LogP contribution is -3.07. The second-order valence-corrected chi connectivity index (χ2v) is 4.05. The molecule has 84 valence electrons. The van der Waals surface area contributed by atoms with Crippen LogP contribution in [0.4, 0.5) is 0 Å². The second kappa shape index (κ2) is 6.46. The van der Waals surface area contributed by atoms with Gasteiger partial charge in [0.25, 0.3) is 0 Å². The minimum Gasteiger partial charge on any atom is -0.496 e. The van der Waals surface area contributed by atoms with Crippen molar-refractivity contribution in [3.8, 4) is 5.75 Å². The molecular weight excluding hydrogens is 186 g/mol. The minimum absolute atomic E-state index is 1.01. The molecule has 1 rings (SSSR count). The predicted octanol–water partition coefficient (Wildman–Crippen LogP) is 1.51. The standard InChI is InChI=1S/C13H21NO/c1-4-5-10-14(2)11-12-8-6-7-9-13(12)15-3/h6-9H,4-5,10-11H2,1-3H3/p+1. The molecule has 0 heterocycles. The van der Waals surface area contributed by atoms with Gasteiger partial charge in [0.15, 0.2) is 0 Å². The van der Waals surface area contributed by atoms with E-state index in [4.69, 9.17) is 4.74 Å². The summed E-state index contributed by atoms with van der Waals surface area (Å²) in [5.74, 6) is 1.01. The molecule has 0 spiro atoms. The van der Waals surface area contributed by atoms with Crippen molar-refractivity contribution in [3.05, 3.63) is 29.8 Å². The molecule has 0 saturated carbocycles. The van der Waals surface area contributed by atoms with Crippen LogP contribution in [0, 0.1) is 0 Å². The number of quaternary nitrogens is 1. The minimum atomic E-state index is 1.01. The number of nitrogens with one attached hydrogen (secondary N) is 1. The predicted molar refractivity (Wildman–Crippen MR) is 63.4 cm³/mol. The van der Waals surface area contributed by atoms with Gasteiger partial charge in [-0.1, -0.05) is 25.5 Å². The zero-order valence-corrected chi connectivity index (χ0v) is 10.0. The van der Waals surface area contributed by atoms with E-state index in [1.807, 2.05) is 12.1 Å². The number of hydrogen-bond acceptors (Lipinski definition) is 1. The normalized spacial score (nSPS) is 12.5. The van der Waals surface area contributed by atoms with Crippen molar-refractivity contribution < 1.29 is 9.64 Å². The van der Waals surface area contributed by atoms with E-state index in [1.165, 1.54) is 24.9 Å². The van der Waals surface area contributed by atoms with Crippen LogP contribution >= 0.6 is 0 Å². The molecule has 15 heavy (non-hydrogen) atoms. The van der Waals surface area contributed by atoms with E-state index in [0.717, 1.165) is 12.3 Å². The van der Waals surface area contributed by atoms with Crippen molar-refractivity contribution in [2.24, 2.45) is 0 Å². The first-order valence-electron chi connectivity index (χ1n) is 5.71. The van der Waals surface area contributed by atoms with Crippen molar-refractivity contribution in [1.82, 2.24) is 0 Å². The first-order chi connectivity index (χ1) is 7.27. The zero-order chi connectivity index (χ0) is 11.1. The van der Waals surface area contributed by atoms with Crippen LogP contribution in [-0.2, 0) is 6.54 Å². The molecule has 0 fully saturated rings. The van der Waals surface area contributed by atoms with Crippen LogP contribution in [0.1, 0.15) is 25.3 Å². The highest BCUT2D eigenvalue weighted by molar-refractivity contribution is 5.32. The van der Waals surface area contributed by atoms with Crippen LogP contribution in [-0.4, -0.2) is 20.7 Å². The van der Waals surface area contributed by atoms with Gasteiger partial charge in [0, 0.05) is 5.56 Å². The third-order valence-corrected chi connectivity index (χ3v) is 2.64. The van der Waals surface area contributed by atoms with Gasteiger partial charge < -0.3 is 9.64 Å². The first kappa shape index (κ1) is 12.1. The molecule has 0 radical (unpaired) electrons. The summed E-state index contributed by atoms with van der Waals surface area (Å²) in [5, 5.41) is 0. The molecule has 1 unspecified atom stereocenters. The van der Waals surface area contributed by atoms with E-state index in [-0.39, 0.29) is 0 Å². The summed E-state index contributed by atoms with van der Waals surface area (Å²) in [6.45, 7) is 4.51. The second-order valence-electron chi connectivity index (χ2n) is 4.05. The Morgan fingerprint density at radius 3 is 2.67 bits per heavy atom. The van der Waals surface area contributed by atoms with E-state index in [2.05, 4.69) is 26.1 Å². The van der Waals surface area contributed by atoms with E-state index >= 15 is 0 Å². The lowest BCUT2D eigenvalue weighted by atomic mass is 10.2. The van der Waals surface area contributed by atoms with E-state index in [9.17, 15) is 0 Å². The highest BCUT2D eigenvalue weighted by Gasteiger charge is 2.07. The summed E-state index contributed by atoms with van der Waals surface area (Å²) in [4.78, 5) is 1.54. The van der Waals surface area contributed by atoms with Gasteiger partial charge in [-0.25, -0.2) is 0 Å². The van der Waals surface area contributed by atoms with Gasteiger partial charge in [-0.15, -0.1) is 0 Å². The van der Waals surface area contributed by atoms with Crippen LogP contribution in [0.5, 0.6) is 5.75 Å². The Balaban J connectivity index is 2.55. The molecule has 0 amide bonds. The Morgan fingerprint density at radius 2 is 2.00 bits per heavy atom. The molecule has 0 aromatic heterocycles. The quantitative estimate of drug-likeness (QED) is 0.748. The van der Waals surface area contributed by atoms with Crippen molar-refractivity contribution in [1.29, 1.82) is 0 Å². The number of hydrogen-bond donors (Lipinski definition) is 1. The maximum atomic E-state index is 5.34. The van der Waals surface area contributed by atoms with Crippen molar-refractivity contribution >= 4 is 0 Å². The van der Waals surface area contributed by atoms with Crippen molar-refractivity contribution in [2.75, 3.05) is 20.7 Å².